The Morgan fingerprint density at radius 3 is 2.67 bits per heavy atom. The van der Waals surface area contributed by atoms with Crippen LogP contribution in [0.4, 0.5) is 9.18 Å². The van der Waals surface area contributed by atoms with Gasteiger partial charge >= 0.3 is 6.03 Å². The second-order valence-electron chi connectivity index (χ2n) is 6.17. The molecule has 4 amide bonds. The maximum Gasteiger partial charge on any atom is 0.344 e. The second-order valence-corrected chi connectivity index (χ2v) is 7.03. The van der Waals surface area contributed by atoms with E-state index in [-0.39, 0.29) is 10.9 Å². The third kappa shape index (κ3) is 3.15. The van der Waals surface area contributed by atoms with Crippen molar-refractivity contribution < 1.29 is 18.8 Å². The van der Waals surface area contributed by atoms with Crippen LogP contribution in [0.3, 0.4) is 0 Å². The fraction of sp³-hybridized carbons (Fsp3) is 0.438. The monoisotopic (exact) mass is 397 g/mol. The summed E-state index contributed by atoms with van der Waals surface area (Å²) in [6.45, 7) is 0. The molecule has 0 aromatic heterocycles. The predicted molar refractivity (Wildman–Crippen MR) is 87.1 cm³/mol. The van der Waals surface area contributed by atoms with Gasteiger partial charge in [0.2, 0.25) is 5.91 Å². The Morgan fingerprint density at radius 2 is 2.00 bits per heavy atom. The lowest BCUT2D eigenvalue weighted by Crippen LogP contribution is -2.51. The van der Waals surface area contributed by atoms with Gasteiger partial charge in [-0.3, -0.25) is 15.0 Å². The van der Waals surface area contributed by atoms with Crippen molar-refractivity contribution in [3.05, 3.63) is 34.1 Å². The number of carbonyl (C=O) groups excluding carboxylic acids is 3. The first-order valence-electron chi connectivity index (χ1n) is 7.81. The normalized spacial score (nSPS) is 19.5. The minimum atomic E-state index is -0.873. The lowest BCUT2D eigenvalue weighted by Gasteiger charge is -2.30. The first kappa shape index (κ1) is 16.9. The van der Waals surface area contributed by atoms with Crippen LogP contribution in [-0.4, -0.2) is 28.4 Å². The molecule has 2 fully saturated rings. The van der Waals surface area contributed by atoms with Crippen LogP contribution in [0.5, 0.6) is 0 Å². The Kier molecular flexibility index (Phi) is 4.58. The molecule has 0 bridgehead atoms. The van der Waals surface area contributed by atoms with E-state index in [9.17, 15) is 18.8 Å². The van der Waals surface area contributed by atoms with E-state index in [0.717, 1.165) is 24.3 Å². The number of nitrogens with zero attached hydrogens (tertiary/aromatic N) is 1. The zero-order valence-corrected chi connectivity index (χ0v) is 14.5. The quantitative estimate of drug-likeness (QED) is 0.768. The number of urea groups is 1. The van der Waals surface area contributed by atoms with Crippen LogP contribution in [0.1, 0.15) is 37.7 Å². The number of rotatable bonds is 3. The number of amides is 4. The Labute approximate surface area is 146 Å². The molecule has 0 unspecified atom stereocenters. The highest BCUT2D eigenvalue weighted by Crippen LogP contribution is 2.33. The first-order chi connectivity index (χ1) is 11.4. The summed E-state index contributed by atoms with van der Waals surface area (Å²) in [5, 5.41) is 3.49. The van der Waals surface area contributed by atoms with Crippen molar-refractivity contribution in [3.63, 3.8) is 0 Å². The van der Waals surface area contributed by atoms with E-state index in [0.29, 0.717) is 18.4 Å². The molecule has 1 saturated heterocycles. The molecule has 1 aromatic carbocycles. The number of hydrazine groups is 1. The molecule has 1 saturated carbocycles. The molecular formula is C16H17BrFN3O3. The SMILES string of the molecule is O=C(Cc1ccc(F)c(Br)c1)NN1C(=O)NC2(CCCCC2)C1=O. The van der Waals surface area contributed by atoms with Crippen molar-refractivity contribution in [2.75, 3.05) is 0 Å². The summed E-state index contributed by atoms with van der Waals surface area (Å²) in [6, 6.07) is 3.62. The van der Waals surface area contributed by atoms with Gasteiger partial charge in [-0.15, -0.1) is 0 Å². The topological polar surface area (TPSA) is 78.5 Å². The maximum atomic E-state index is 13.2. The summed E-state index contributed by atoms with van der Waals surface area (Å²) >= 11 is 3.06. The third-order valence-corrected chi connectivity index (χ3v) is 5.06. The molecule has 6 nitrogen and oxygen atoms in total. The van der Waals surface area contributed by atoms with Crippen LogP contribution in [-0.2, 0) is 16.0 Å². The number of imide groups is 1. The lowest BCUT2D eigenvalue weighted by molar-refractivity contribution is -0.139. The molecule has 0 atom stereocenters. The van der Waals surface area contributed by atoms with Crippen LogP contribution >= 0.6 is 15.9 Å². The van der Waals surface area contributed by atoms with Gasteiger partial charge in [0, 0.05) is 0 Å². The average Bonchev–Trinajstić information content (AvgIpc) is 2.76. The summed E-state index contributed by atoms with van der Waals surface area (Å²) in [4.78, 5) is 36.8. The molecule has 1 spiro atoms. The molecule has 8 heteroatoms. The van der Waals surface area contributed by atoms with Crippen molar-refractivity contribution in [3.8, 4) is 0 Å². The number of benzene rings is 1. The Bertz CT molecular complexity index is 704. The molecule has 2 aliphatic rings. The van der Waals surface area contributed by atoms with Crippen molar-refractivity contribution in [1.82, 2.24) is 15.8 Å². The summed E-state index contributed by atoms with van der Waals surface area (Å²) in [5.74, 6) is -1.33. The first-order valence-corrected chi connectivity index (χ1v) is 8.61. The van der Waals surface area contributed by atoms with E-state index in [1.54, 1.807) is 0 Å². The van der Waals surface area contributed by atoms with Gasteiger partial charge in [-0.1, -0.05) is 25.3 Å². The minimum Gasteiger partial charge on any atom is -0.322 e. The molecule has 1 heterocycles. The summed E-state index contributed by atoms with van der Waals surface area (Å²) in [6.07, 6.45) is 3.90. The Hall–Kier alpha value is -1.96. The van der Waals surface area contributed by atoms with Gasteiger partial charge < -0.3 is 5.32 Å². The van der Waals surface area contributed by atoms with E-state index < -0.39 is 29.2 Å². The highest BCUT2D eigenvalue weighted by molar-refractivity contribution is 9.10. The molecular weight excluding hydrogens is 381 g/mol. The van der Waals surface area contributed by atoms with Crippen molar-refractivity contribution >= 4 is 33.8 Å². The van der Waals surface area contributed by atoms with Gasteiger partial charge in [0.05, 0.1) is 10.9 Å². The second kappa shape index (κ2) is 6.51. The van der Waals surface area contributed by atoms with Crippen molar-refractivity contribution in [1.29, 1.82) is 0 Å². The molecule has 1 aliphatic carbocycles. The minimum absolute atomic E-state index is 0.0665. The van der Waals surface area contributed by atoms with Crippen LogP contribution < -0.4 is 10.7 Å². The molecule has 1 aromatic rings. The van der Waals surface area contributed by atoms with Gasteiger partial charge in [-0.25, -0.2) is 9.18 Å². The summed E-state index contributed by atoms with van der Waals surface area (Å²) in [5.41, 5.74) is 2.05. The largest absolute Gasteiger partial charge is 0.344 e. The number of halogens is 2. The van der Waals surface area contributed by atoms with Crippen LogP contribution in [0.25, 0.3) is 0 Å². The van der Waals surface area contributed by atoms with Gasteiger partial charge in [0.25, 0.3) is 5.91 Å². The highest BCUT2D eigenvalue weighted by atomic mass is 79.9. The zero-order chi connectivity index (χ0) is 17.3. The fourth-order valence-corrected chi connectivity index (χ4v) is 3.64. The predicted octanol–water partition coefficient (Wildman–Crippen LogP) is 2.42. The summed E-state index contributed by atoms with van der Waals surface area (Å²) < 4.78 is 13.5. The molecule has 2 N–H and O–H groups in total. The van der Waals surface area contributed by atoms with E-state index in [1.807, 2.05) is 0 Å². The molecule has 128 valence electrons. The number of hydrogen-bond acceptors (Lipinski definition) is 3. The van der Waals surface area contributed by atoms with Gasteiger partial charge in [-0.2, -0.15) is 5.01 Å². The molecule has 3 rings (SSSR count). The number of nitrogens with one attached hydrogen (secondary N) is 2. The molecule has 0 radical (unpaired) electrons. The molecule has 24 heavy (non-hydrogen) atoms. The average molecular weight is 398 g/mol. The third-order valence-electron chi connectivity index (χ3n) is 4.45. The summed E-state index contributed by atoms with van der Waals surface area (Å²) in [7, 11) is 0. The van der Waals surface area contributed by atoms with E-state index in [4.69, 9.17) is 0 Å². The Balaban J connectivity index is 1.66. The molecule has 1 aliphatic heterocycles. The van der Waals surface area contributed by atoms with E-state index >= 15 is 0 Å². The lowest BCUT2D eigenvalue weighted by atomic mass is 9.82. The van der Waals surface area contributed by atoms with Gasteiger partial charge in [0.15, 0.2) is 0 Å². The van der Waals surface area contributed by atoms with Crippen LogP contribution in [0, 0.1) is 5.82 Å². The number of carbonyl (C=O) groups is 3. The number of hydrogen-bond donors (Lipinski definition) is 2. The Morgan fingerprint density at radius 1 is 1.29 bits per heavy atom. The van der Waals surface area contributed by atoms with E-state index in [1.165, 1.54) is 18.2 Å². The van der Waals surface area contributed by atoms with Crippen LogP contribution in [0.2, 0.25) is 0 Å². The van der Waals surface area contributed by atoms with Gasteiger partial charge in [-0.05, 0) is 46.5 Å². The smallest absolute Gasteiger partial charge is 0.322 e. The fourth-order valence-electron chi connectivity index (χ4n) is 3.22. The standard InChI is InChI=1S/C16H17BrFN3O3/c17-11-8-10(4-5-12(11)18)9-13(22)20-21-14(23)16(19-15(21)24)6-2-1-3-7-16/h4-5,8H,1-3,6-7,9H2,(H,19,24)(H,20,22). The van der Waals surface area contributed by atoms with Crippen molar-refractivity contribution in [2.24, 2.45) is 0 Å². The van der Waals surface area contributed by atoms with Crippen molar-refractivity contribution in [2.45, 2.75) is 44.1 Å². The highest BCUT2D eigenvalue weighted by Gasteiger charge is 2.52. The van der Waals surface area contributed by atoms with Crippen LogP contribution in [0.15, 0.2) is 22.7 Å². The maximum absolute atomic E-state index is 13.2. The zero-order valence-electron chi connectivity index (χ0n) is 12.9. The van der Waals surface area contributed by atoms with Gasteiger partial charge in [0.1, 0.15) is 11.4 Å². The van der Waals surface area contributed by atoms with E-state index in [2.05, 4.69) is 26.7 Å².